The Balaban J connectivity index is -0.000000140. The summed E-state index contributed by atoms with van der Waals surface area (Å²) in [6.07, 6.45) is 32.6. The van der Waals surface area contributed by atoms with Gasteiger partial charge in [-0.15, -0.1) is 6.58 Å². The summed E-state index contributed by atoms with van der Waals surface area (Å²) in [6.45, 7) is 44.4. The molecule has 0 aromatic heterocycles. The molecular formula is C47H104N2. The van der Waals surface area contributed by atoms with E-state index in [-0.39, 0.29) is 0 Å². The Hall–Kier alpha value is -0.760. The Labute approximate surface area is 317 Å². The Bertz CT molecular complexity index is 520. The van der Waals surface area contributed by atoms with Crippen molar-refractivity contribution in [2.45, 2.75) is 251 Å². The highest BCUT2D eigenvalue weighted by Gasteiger charge is 2.07. The molecule has 0 aliphatic carbocycles. The molecule has 0 atom stereocenters. The van der Waals surface area contributed by atoms with Crippen LogP contribution in [0.5, 0.6) is 0 Å². The van der Waals surface area contributed by atoms with Crippen molar-refractivity contribution in [1.82, 2.24) is 9.80 Å². The zero-order valence-corrected chi connectivity index (χ0v) is 37.8. The third kappa shape index (κ3) is 69.7. The van der Waals surface area contributed by atoms with E-state index in [1.807, 2.05) is 41.5 Å². The first-order valence-corrected chi connectivity index (χ1v) is 22.5. The van der Waals surface area contributed by atoms with Crippen LogP contribution in [0.1, 0.15) is 251 Å². The second kappa shape index (κ2) is 62.4. The Morgan fingerprint density at radius 2 is 0.612 bits per heavy atom. The second-order valence-corrected chi connectivity index (χ2v) is 13.7. The maximum Gasteiger partial charge on any atom is 0.0174 e. The summed E-state index contributed by atoms with van der Waals surface area (Å²) in [7, 11) is 0. The van der Waals surface area contributed by atoms with E-state index in [4.69, 9.17) is 0 Å². The minimum absolute atomic E-state index is 1.17. The lowest BCUT2D eigenvalue weighted by atomic mass is 10.1. The number of unbranched alkanes of at least 4 members (excludes halogenated alkanes) is 16. The van der Waals surface area contributed by atoms with Gasteiger partial charge in [-0.3, -0.25) is 0 Å². The van der Waals surface area contributed by atoms with Gasteiger partial charge in [0, 0.05) is 18.8 Å². The highest BCUT2D eigenvalue weighted by atomic mass is 15.1. The SMILES string of the molecule is C=C(C)C.C=C(CCCC)N(CCCCC)CCCCCCC.CC.CC.CCCCC.CCCCCCCN(CCCC)CCCCC. The van der Waals surface area contributed by atoms with Crippen LogP contribution in [0.2, 0.25) is 0 Å². The van der Waals surface area contributed by atoms with Crippen molar-refractivity contribution in [3.8, 4) is 0 Å². The minimum atomic E-state index is 1.17. The molecule has 49 heavy (non-hydrogen) atoms. The lowest BCUT2D eigenvalue weighted by molar-refractivity contribution is 0.257. The van der Waals surface area contributed by atoms with Gasteiger partial charge in [0.25, 0.3) is 0 Å². The number of nitrogens with zero attached hydrogens (tertiary/aromatic N) is 2. The molecule has 302 valence electrons. The van der Waals surface area contributed by atoms with Gasteiger partial charge >= 0.3 is 0 Å². The topological polar surface area (TPSA) is 6.48 Å². The molecule has 0 unspecified atom stereocenters. The Morgan fingerprint density at radius 3 is 0.959 bits per heavy atom. The van der Waals surface area contributed by atoms with Crippen LogP contribution in [-0.4, -0.2) is 42.5 Å². The summed E-state index contributed by atoms with van der Waals surface area (Å²) in [5.41, 5.74) is 2.55. The highest BCUT2D eigenvalue weighted by molar-refractivity contribution is 4.93. The molecule has 0 aromatic carbocycles. The van der Waals surface area contributed by atoms with Crippen LogP contribution in [0.3, 0.4) is 0 Å². The fourth-order valence-electron chi connectivity index (χ4n) is 5.02. The maximum absolute atomic E-state index is 4.31. The first kappa shape index (κ1) is 60.3. The van der Waals surface area contributed by atoms with Crippen LogP contribution in [-0.2, 0) is 0 Å². The lowest BCUT2D eigenvalue weighted by Gasteiger charge is -2.27. The molecule has 0 bridgehead atoms. The average molecular weight is 697 g/mol. The molecule has 0 N–H and O–H groups in total. The fourth-order valence-corrected chi connectivity index (χ4v) is 5.02. The highest BCUT2D eigenvalue weighted by Crippen LogP contribution is 2.15. The molecule has 0 radical (unpaired) electrons. The van der Waals surface area contributed by atoms with Gasteiger partial charge in [0.15, 0.2) is 0 Å². The number of hydrogen-bond donors (Lipinski definition) is 0. The third-order valence-electron chi connectivity index (χ3n) is 8.02. The van der Waals surface area contributed by atoms with Gasteiger partial charge in [-0.05, 0) is 78.4 Å². The predicted octanol–water partition coefficient (Wildman–Crippen LogP) is 17.2. The lowest BCUT2D eigenvalue weighted by Crippen LogP contribution is -2.27. The van der Waals surface area contributed by atoms with Crippen LogP contribution in [0, 0.1) is 0 Å². The van der Waals surface area contributed by atoms with Gasteiger partial charge in [-0.2, -0.15) is 0 Å². The Morgan fingerprint density at radius 1 is 0.347 bits per heavy atom. The molecule has 0 amide bonds. The molecule has 0 rings (SSSR count). The van der Waals surface area contributed by atoms with Crippen LogP contribution in [0.15, 0.2) is 24.4 Å². The van der Waals surface area contributed by atoms with E-state index in [9.17, 15) is 0 Å². The maximum atomic E-state index is 4.31. The zero-order chi connectivity index (χ0) is 38.8. The summed E-state index contributed by atoms with van der Waals surface area (Å²) in [5.74, 6) is 0. The summed E-state index contributed by atoms with van der Waals surface area (Å²) in [5, 5.41) is 0. The first-order chi connectivity index (χ1) is 23.7. The van der Waals surface area contributed by atoms with E-state index in [2.05, 4.69) is 78.3 Å². The van der Waals surface area contributed by atoms with Crippen molar-refractivity contribution in [3.63, 3.8) is 0 Å². The van der Waals surface area contributed by atoms with E-state index in [1.54, 1.807) is 0 Å². The van der Waals surface area contributed by atoms with Crippen molar-refractivity contribution < 1.29 is 0 Å². The van der Waals surface area contributed by atoms with Crippen LogP contribution < -0.4 is 0 Å². The van der Waals surface area contributed by atoms with E-state index >= 15 is 0 Å². The van der Waals surface area contributed by atoms with E-state index in [0.717, 1.165) is 0 Å². The van der Waals surface area contributed by atoms with Gasteiger partial charge in [0.2, 0.25) is 0 Å². The molecule has 0 saturated heterocycles. The van der Waals surface area contributed by atoms with Gasteiger partial charge in [0.05, 0.1) is 0 Å². The van der Waals surface area contributed by atoms with Crippen molar-refractivity contribution >= 4 is 0 Å². The molecule has 2 nitrogen and oxygen atoms in total. The van der Waals surface area contributed by atoms with Crippen LogP contribution in [0.4, 0.5) is 0 Å². The summed E-state index contributed by atoms with van der Waals surface area (Å²) in [4.78, 5) is 5.27. The quantitative estimate of drug-likeness (QED) is 0.0567. The van der Waals surface area contributed by atoms with E-state index in [0.29, 0.717) is 0 Å². The van der Waals surface area contributed by atoms with Crippen molar-refractivity contribution in [2.75, 3.05) is 32.7 Å². The van der Waals surface area contributed by atoms with E-state index in [1.165, 1.54) is 198 Å². The largest absolute Gasteiger partial charge is 0.375 e. The number of hydrogen-bond acceptors (Lipinski definition) is 2. The average Bonchev–Trinajstić information content (AvgIpc) is 3.10. The van der Waals surface area contributed by atoms with Crippen LogP contribution >= 0.6 is 0 Å². The minimum Gasteiger partial charge on any atom is -0.375 e. The molecule has 2 heteroatoms. The van der Waals surface area contributed by atoms with Gasteiger partial charge < -0.3 is 9.80 Å². The third-order valence-corrected chi connectivity index (χ3v) is 8.02. The standard InChI is InChI=1S/C18H37N.C16H35N.C5H12.C4H8.2C2H6/c1-5-8-11-12-14-17-19(16-13-9-6-2)18(4)15-10-7-3;1-4-7-10-11-13-16-17(14-9-6-3)15-12-8-5-2;1-3-5-4-2;1-4(2)3;2*1-2/h4-17H2,1-3H3;4-16H2,1-3H3;3-5H2,1-2H3;1H2,2-3H3;2*1-2H3. The molecule has 0 fully saturated rings. The summed E-state index contributed by atoms with van der Waals surface area (Å²) in [6, 6.07) is 0. The smallest absolute Gasteiger partial charge is 0.0174 e. The summed E-state index contributed by atoms with van der Waals surface area (Å²) >= 11 is 0. The van der Waals surface area contributed by atoms with Gasteiger partial charge in [-0.25, -0.2) is 0 Å². The first-order valence-electron chi connectivity index (χ1n) is 22.5. The van der Waals surface area contributed by atoms with Gasteiger partial charge in [-0.1, -0.05) is 204 Å². The molecule has 0 heterocycles. The van der Waals surface area contributed by atoms with Gasteiger partial charge in [0.1, 0.15) is 0 Å². The second-order valence-electron chi connectivity index (χ2n) is 13.7. The number of rotatable bonds is 29. The summed E-state index contributed by atoms with van der Waals surface area (Å²) < 4.78 is 0. The monoisotopic (exact) mass is 697 g/mol. The molecule has 0 saturated carbocycles. The van der Waals surface area contributed by atoms with Crippen molar-refractivity contribution in [1.29, 1.82) is 0 Å². The zero-order valence-electron chi connectivity index (χ0n) is 37.8. The van der Waals surface area contributed by atoms with Crippen molar-refractivity contribution in [3.05, 3.63) is 24.4 Å². The molecule has 0 spiro atoms. The fraction of sp³-hybridized carbons (Fsp3) is 0.915. The Kier molecular flexibility index (Phi) is 76.8. The molecule has 0 aliphatic rings. The molecule has 0 aliphatic heterocycles. The molecular weight excluding hydrogens is 593 g/mol. The van der Waals surface area contributed by atoms with E-state index < -0.39 is 0 Å². The van der Waals surface area contributed by atoms with Crippen molar-refractivity contribution in [2.24, 2.45) is 0 Å². The normalized spacial score (nSPS) is 9.69. The van der Waals surface area contributed by atoms with Crippen LogP contribution in [0.25, 0.3) is 0 Å². The predicted molar refractivity (Wildman–Crippen MR) is 237 cm³/mol. The molecule has 0 aromatic rings. The number of allylic oxidation sites excluding steroid dienone is 2.